The van der Waals surface area contributed by atoms with Crippen LogP contribution in [0.25, 0.3) is 0 Å². The van der Waals surface area contributed by atoms with Crippen molar-refractivity contribution < 1.29 is 14.3 Å². The molecule has 4 heteroatoms. The van der Waals surface area contributed by atoms with Gasteiger partial charge in [-0.15, -0.1) is 0 Å². The molecule has 0 N–H and O–H groups in total. The molecular weight excluding hydrogens is 170 g/mol. The van der Waals surface area contributed by atoms with Crippen LogP contribution in [-0.2, 0) is 16.2 Å². The van der Waals surface area contributed by atoms with E-state index in [0.717, 1.165) is 0 Å². The largest absolute Gasteiger partial charge is 0.461 e. The van der Waals surface area contributed by atoms with Crippen LogP contribution in [0.2, 0.25) is 0 Å². The minimum Gasteiger partial charge on any atom is -0.461 e. The monoisotopic (exact) mass is 183 g/mol. The number of methoxy groups -OCH3 is 1. The molecule has 0 spiro atoms. The molecule has 0 saturated heterocycles. The summed E-state index contributed by atoms with van der Waals surface area (Å²) in [4.78, 5) is 11.3. The summed E-state index contributed by atoms with van der Waals surface area (Å²) in [7, 11) is 1.58. The van der Waals surface area contributed by atoms with Gasteiger partial charge in [0, 0.05) is 13.3 Å². The van der Waals surface area contributed by atoms with Gasteiger partial charge in [-0.25, -0.2) is 4.79 Å². The fourth-order valence-corrected chi connectivity index (χ4v) is 1.06. The van der Waals surface area contributed by atoms with E-state index in [1.165, 1.54) is 0 Å². The van der Waals surface area contributed by atoms with Crippen molar-refractivity contribution in [2.75, 3.05) is 13.7 Å². The predicted octanol–water partition coefficient (Wildman–Crippen LogP) is 1.27. The first-order chi connectivity index (χ1) is 6.29. The maximum atomic E-state index is 11.3. The summed E-state index contributed by atoms with van der Waals surface area (Å²) in [6, 6.07) is 3.49. The van der Waals surface area contributed by atoms with Crippen LogP contribution in [0.4, 0.5) is 0 Å². The van der Waals surface area contributed by atoms with E-state index in [0.29, 0.717) is 19.0 Å². The molecule has 0 aliphatic heterocycles. The second-order valence-electron chi connectivity index (χ2n) is 2.50. The Morgan fingerprint density at radius 2 is 2.38 bits per heavy atom. The van der Waals surface area contributed by atoms with E-state index in [1.807, 2.05) is 0 Å². The van der Waals surface area contributed by atoms with Gasteiger partial charge < -0.3 is 14.0 Å². The first-order valence-corrected chi connectivity index (χ1v) is 4.10. The molecule has 0 bridgehead atoms. The third kappa shape index (κ3) is 2.32. The SMILES string of the molecule is CCOC(=O)c1cccn1COC. The van der Waals surface area contributed by atoms with Gasteiger partial charge in [-0.2, -0.15) is 0 Å². The van der Waals surface area contributed by atoms with E-state index in [2.05, 4.69) is 0 Å². The lowest BCUT2D eigenvalue weighted by Gasteiger charge is -2.06. The Kier molecular flexibility index (Phi) is 3.52. The molecule has 1 aromatic rings. The van der Waals surface area contributed by atoms with Crippen molar-refractivity contribution in [1.29, 1.82) is 0 Å². The van der Waals surface area contributed by atoms with Crippen molar-refractivity contribution in [1.82, 2.24) is 4.57 Å². The summed E-state index contributed by atoms with van der Waals surface area (Å²) in [5.74, 6) is -0.315. The highest BCUT2D eigenvalue weighted by Gasteiger charge is 2.10. The summed E-state index contributed by atoms with van der Waals surface area (Å²) < 4.78 is 11.5. The summed E-state index contributed by atoms with van der Waals surface area (Å²) in [6.45, 7) is 2.53. The standard InChI is InChI=1S/C9H13NO3/c1-3-13-9(11)8-5-4-6-10(8)7-12-2/h4-6H,3,7H2,1-2H3. The summed E-state index contributed by atoms with van der Waals surface area (Å²) in [5, 5.41) is 0. The zero-order valence-corrected chi connectivity index (χ0v) is 7.82. The smallest absolute Gasteiger partial charge is 0.355 e. The summed E-state index contributed by atoms with van der Waals surface area (Å²) >= 11 is 0. The van der Waals surface area contributed by atoms with E-state index in [1.54, 1.807) is 36.9 Å². The van der Waals surface area contributed by atoms with Crippen LogP contribution >= 0.6 is 0 Å². The van der Waals surface area contributed by atoms with E-state index in [9.17, 15) is 4.79 Å². The van der Waals surface area contributed by atoms with E-state index in [-0.39, 0.29) is 5.97 Å². The zero-order chi connectivity index (χ0) is 9.68. The van der Waals surface area contributed by atoms with Gasteiger partial charge in [0.15, 0.2) is 0 Å². The van der Waals surface area contributed by atoms with Crippen LogP contribution in [0.5, 0.6) is 0 Å². The van der Waals surface area contributed by atoms with E-state index in [4.69, 9.17) is 9.47 Å². The van der Waals surface area contributed by atoms with Crippen molar-refractivity contribution in [3.63, 3.8) is 0 Å². The fraction of sp³-hybridized carbons (Fsp3) is 0.444. The Morgan fingerprint density at radius 1 is 1.62 bits per heavy atom. The maximum absolute atomic E-state index is 11.3. The van der Waals surface area contributed by atoms with Gasteiger partial charge in [-0.1, -0.05) is 0 Å². The van der Waals surface area contributed by atoms with Crippen molar-refractivity contribution in [3.05, 3.63) is 24.0 Å². The Bertz CT molecular complexity index is 280. The quantitative estimate of drug-likeness (QED) is 0.660. The number of ether oxygens (including phenoxy) is 2. The Labute approximate surface area is 77.1 Å². The third-order valence-electron chi connectivity index (χ3n) is 1.58. The molecule has 13 heavy (non-hydrogen) atoms. The molecule has 0 unspecified atom stereocenters. The first-order valence-electron chi connectivity index (χ1n) is 4.10. The first kappa shape index (κ1) is 9.80. The highest BCUT2D eigenvalue weighted by molar-refractivity contribution is 5.87. The van der Waals surface area contributed by atoms with Crippen LogP contribution in [0.3, 0.4) is 0 Å². The minimum atomic E-state index is -0.315. The number of hydrogen-bond donors (Lipinski definition) is 0. The van der Waals surface area contributed by atoms with Crippen LogP contribution in [0.15, 0.2) is 18.3 Å². The normalized spacial score (nSPS) is 10.0. The van der Waals surface area contributed by atoms with Crippen LogP contribution in [0.1, 0.15) is 17.4 Å². The molecule has 0 aliphatic rings. The number of esters is 1. The topological polar surface area (TPSA) is 40.5 Å². The highest BCUT2D eigenvalue weighted by Crippen LogP contribution is 2.04. The summed E-state index contributed by atoms with van der Waals surface area (Å²) in [6.07, 6.45) is 1.77. The summed E-state index contributed by atoms with van der Waals surface area (Å²) in [5.41, 5.74) is 0.517. The van der Waals surface area contributed by atoms with Crippen molar-refractivity contribution in [2.24, 2.45) is 0 Å². The second kappa shape index (κ2) is 4.67. The number of nitrogens with zero attached hydrogens (tertiary/aromatic N) is 1. The van der Waals surface area contributed by atoms with E-state index < -0.39 is 0 Å². The lowest BCUT2D eigenvalue weighted by atomic mass is 10.4. The van der Waals surface area contributed by atoms with Gasteiger partial charge in [0.25, 0.3) is 0 Å². The van der Waals surface area contributed by atoms with Crippen molar-refractivity contribution in [3.8, 4) is 0 Å². The van der Waals surface area contributed by atoms with Crippen LogP contribution < -0.4 is 0 Å². The van der Waals surface area contributed by atoms with Gasteiger partial charge >= 0.3 is 5.97 Å². The van der Waals surface area contributed by atoms with Gasteiger partial charge in [-0.05, 0) is 19.1 Å². The third-order valence-corrected chi connectivity index (χ3v) is 1.58. The molecule has 1 aromatic heterocycles. The fourth-order valence-electron chi connectivity index (χ4n) is 1.06. The average molecular weight is 183 g/mol. The Balaban J connectivity index is 2.74. The van der Waals surface area contributed by atoms with Gasteiger partial charge in [-0.3, -0.25) is 0 Å². The number of carbonyl (C=O) groups is 1. The number of aromatic nitrogens is 1. The molecular formula is C9H13NO3. The molecule has 0 radical (unpaired) electrons. The molecule has 0 aromatic carbocycles. The molecule has 0 atom stereocenters. The highest BCUT2D eigenvalue weighted by atomic mass is 16.5. The molecule has 0 aliphatic carbocycles. The van der Waals surface area contributed by atoms with Crippen LogP contribution in [-0.4, -0.2) is 24.3 Å². The lowest BCUT2D eigenvalue weighted by molar-refractivity contribution is 0.0494. The molecule has 72 valence electrons. The molecule has 4 nitrogen and oxygen atoms in total. The molecule has 1 rings (SSSR count). The zero-order valence-electron chi connectivity index (χ0n) is 7.82. The second-order valence-corrected chi connectivity index (χ2v) is 2.50. The minimum absolute atomic E-state index is 0.315. The van der Waals surface area contributed by atoms with Gasteiger partial charge in [0.2, 0.25) is 0 Å². The lowest BCUT2D eigenvalue weighted by Crippen LogP contribution is -2.12. The van der Waals surface area contributed by atoms with Gasteiger partial charge in [0.1, 0.15) is 12.4 Å². The Morgan fingerprint density at radius 3 is 3.00 bits per heavy atom. The molecule has 0 saturated carbocycles. The number of carbonyl (C=O) groups excluding carboxylic acids is 1. The van der Waals surface area contributed by atoms with Crippen molar-refractivity contribution in [2.45, 2.75) is 13.7 Å². The Hall–Kier alpha value is -1.29. The van der Waals surface area contributed by atoms with Crippen LogP contribution in [0, 0.1) is 0 Å². The van der Waals surface area contributed by atoms with Crippen molar-refractivity contribution >= 4 is 5.97 Å². The average Bonchev–Trinajstić information content (AvgIpc) is 2.54. The molecule has 0 amide bonds. The number of hydrogen-bond acceptors (Lipinski definition) is 3. The van der Waals surface area contributed by atoms with E-state index >= 15 is 0 Å². The maximum Gasteiger partial charge on any atom is 0.355 e. The molecule has 0 fully saturated rings. The predicted molar refractivity (Wildman–Crippen MR) is 47.4 cm³/mol. The molecule has 1 heterocycles. The van der Waals surface area contributed by atoms with Gasteiger partial charge in [0.05, 0.1) is 6.61 Å². The number of rotatable bonds is 4.